The monoisotopic (exact) mass is 381 g/mol. The molecule has 1 aliphatic carbocycles. The van der Waals surface area contributed by atoms with E-state index in [1.165, 1.54) is 25.7 Å². The van der Waals surface area contributed by atoms with Crippen molar-refractivity contribution in [3.05, 3.63) is 0 Å². The number of carbonyl (C=O) groups excluding carboxylic acids is 1. The second-order valence-corrected chi connectivity index (χ2v) is 7.75. The van der Waals surface area contributed by atoms with Gasteiger partial charge in [0.15, 0.2) is 0 Å². The molecule has 0 radical (unpaired) electrons. The zero-order valence-corrected chi connectivity index (χ0v) is 17.2. The molecule has 144 valence electrons. The van der Waals surface area contributed by atoms with Crippen molar-refractivity contribution in [2.75, 3.05) is 26.2 Å². The molecular weight excluding hydrogens is 345 g/mol. The molecule has 4 nitrogen and oxygen atoms in total. The Morgan fingerprint density at radius 1 is 1.00 bits per heavy atom. The molecule has 6 heteroatoms. The Hall–Kier alpha value is -0.0300. The second kappa shape index (κ2) is 11.6. The van der Waals surface area contributed by atoms with Gasteiger partial charge in [0.05, 0.1) is 0 Å². The number of hydrogen-bond donors (Lipinski definition) is 1. The van der Waals surface area contributed by atoms with Gasteiger partial charge in [0.2, 0.25) is 5.91 Å². The van der Waals surface area contributed by atoms with Crippen LogP contribution in [0.25, 0.3) is 0 Å². The van der Waals surface area contributed by atoms with Crippen LogP contribution in [0.2, 0.25) is 0 Å². The summed E-state index contributed by atoms with van der Waals surface area (Å²) in [4.78, 5) is 16.8. The maximum Gasteiger partial charge on any atom is 0.222 e. The van der Waals surface area contributed by atoms with Crippen LogP contribution in [-0.2, 0) is 4.79 Å². The SMILES string of the molecule is CC(N)CCC(=O)N1CCN(C2CCC(C(C)C)CC2)CC1.Cl.Cl. The van der Waals surface area contributed by atoms with Crippen LogP contribution in [0.3, 0.4) is 0 Å². The van der Waals surface area contributed by atoms with Gasteiger partial charge in [0, 0.05) is 44.7 Å². The Labute approximate surface area is 160 Å². The van der Waals surface area contributed by atoms with Crippen molar-refractivity contribution >= 4 is 30.7 Å². The van der Waals surface area contributed by atoms with Gasteiger partial charge in [0.25, 0.3) is 0 Å². The zero-order valence-electron chi connectivity index (χ0n) is 15.6. The predicted octanol–water partition coefficient (Wildman–Crippen LogP) is 3.32. The van der Waals surface area contributed by atoms with Gasteiger partial charge < -0.3 is 10.6 Å². The van der Waals surface area contributed by atoms with Crippen molar-refractivity contribution in [3.63, 3.8) is 0 Å². The Morgan fingerprint density at radius 3 is 2.00 bits per heavy atom. The molecule has 0 spiro atoms. The van der Waals surface area contributed by atoms with Gasteiger partial charge >= 0.3 is 0 Å². The fourth-order valence-corrected chi connectivity index (χ4v) is 3.98. The summed E-state index contributed by atoms with van der Waals surface area (Å²) in [5.41, 5.74) is 5.74. The molecule has 0 bridgehead atoms. The zero-order chi connectivity index (χ0) is 16.1. The van der Waals surface area contributed by atoms with Crippen LogP contribution in [-0.4, -0.2) is 54.0 Å². The first-order valence-corrected chi connectivity index (χ1v) is 9.24. The molecule has 2 aliphatic rings. The third-order valence-corrected chi connectivity index (χ3v) is 5.68. The molecule has 1 unspecified atom stereocenters. The normalized spacial score (nSPS) is 26.5. The van der Waals surface area contributed by atoms with E-state index in [4.69, 9.17) is 5.73 Å². The van der Waals surface area contributed by atoms with Crippen LogP contribution < -0.4 is 5.73 Å². The van der Waals surface area contributed by atoms with Gasteiger partial charge in [-0.05, 0) is 50.9 Å². The van der Waals surface area contributed by atoms with Crippen LogP contribution in [0.5, 0.6) is 0 Å². The minimum Gasteiger partial charge on any atom is -0.340 e. The lowest BCUT2D eigenvalue weighted by molar-refractivity contribution is -0.133. The molecule has 1 heterocycles. The highest BCUT2D eigenvalue weighted by Gasteiger charge is 2.30. The predicted molar refractivity (Wildman–Crippen MR) is 106 cm³/mol. The summed E-state index contributed by atoms with van der Waals surface area (Å²) in [6.45, 7) is 10.6. The molecule has 1 aliphatic heterocycles. The molecule has 2 rings (SSSR count). The number of amides is 1. The molecule has 2 N–H and O–H groups in total. The van der Waals surface area contributed by atoms with E-state index in [2.05, 4.69) is 18.7 Å². The van der Waals surface area contributed by atoms with Gasteiger partial charge in [-0.3, -0.25) is 9.69 Å². The Bertz CT molecular complexity index is 350. The van der Waals surface area contributed by atoms with E-state index in [-0.39, 0.29) is 30.9 Å². The topological polar surface area (TPSA) is 49.6 Å². The van der Waals surface area contributed by atoms with Crippen LogP contribution in [0.4, 0.5) is 0 Å². The van der Waals surface area contributed by atoms with Gasteiger partial charge in [-0.25, -0.2) is 0 Å². The molecule has 1 atom stereocenters. The molecule has 0 aromatic rings. The number of hydrogen-bond acceptors (Lipinski definition) is 3. The maximum atomic E-state index is 12.2. The summed E-state index contributed by atoms with van der Waals surface area (Å²) < 4.78 is 0. The van der Waals surface area contributed by atoms with Gasteiger partial charge in [-0.15, -0.1) is 24.8 Å². The van der Waals surface area contributed by atoms with E-state index in [0.717, 1.165) is 50.5 Å². The van der Waals surface area contributed by atoms with Crippen molar-refractivity contribution < 1.29 is 4.79 Å². The molecule has 24 heavy (non-hydrogen) atoms. The van der Waals surface area contributed by atoms with Gasteiger partial charge in [0.1, 0.15) is 0 Å². The molecule has 2 fully saturated rings. The molecule has 0 aromatic heterocycles. The first-order valence-electron chi connectivity index (χ1n) is 9.24. The Morgan fingerprint density at radius 2 is 1.54 bits per heavy atom. The minimum absolute atomic E-state index is 0. The van der Waals surface area contributed by atoms with E-state index >= 15 is 0 Å². The van der Waals surface area contributed by atoms with Gasteiger partial charge in [-0.1, -0.05) is 13.8 Å². The molecule has 1 saturated carbocycles. The third-order valence-electron chi connectivity index (χ3n) is 5.68. The van der Waals surface area contributed by atoms with E-state index in [0.29, 0.717) is 12.3 Å². The summed E-state index contributed by atoms with van der Waals surface area (Å²) in [6.07, 6.45) is 6.88. The number of rotatable bonds is 5. The quantitative estimate of drug-likeness (QED) is 0.794. The standard InChI is InChI=1S/C18H35N3O.2ClH/c1-14(2)16-5-7-17(8-6-16)20-10-12-21(13-11-20)18(22)9-4-15(3)19;;/h14-17H,4-13,19H2,1-3H3;2*1H. The lowest BCUT2D eigenvalue weighted by atomic mass is 9.79. The molecule has 1 saturated heterocycles. The van der Waals surface area contributed by atoms with Crippen LogP contribution in [0, 0.1) is 11.8 Å². The number of piperazine rings is 1. The van der Waals surface area contributed by atoms with Gasteiger partial charge in [-0.2, -0.15) is 0 Å². The summed E-state index contributed by atoms with van der Waals surface area (Å²) in [6, 6.07) is 0.887. The second-order valence-electron chi connectivity index (χ2n) is 7.75. The lowest BCUT2D eigenvalue weighted by Crippen LogP contribution is -2.52. The minimum atomic E-state index is 0. The summed E-state index contributed by atoms with van der Waals surface area (Å²) >= 11 is 0. The number of carbonyl (C=O) groups is 1. The van der Waals surface area contributed by atoms with Crippen molar-refractivity contribution in [3.8, 4) is 0 Å². The highest BCUT2D eigenvalue weighted by atomic mass is 35.5. The van der Waals surface area contributed by atoms with E-state index in [1.54, 1.807) is 0 Å². The van der Waals surface area contributed by atoms with Crippen molar-refractivity contribution in [2.45, 2.75) is 71.4 Å². The summed E-state index contributed by atoms with van der Waals surface area (Å²) in [5.74, 6) is 2.05. The number of halogens is 2. The fraction of sp³-hybridized carbons (Fsp3) is 0.944. The van der Waals surface area contributed by atoms with E-state index < -0.39 is 0 Å². The van der Waals surface area contributed by atoms with Crippen LogP contribution in [0.15, 0.2) is 0 Å². The number of nitrogens with zero attached hydrogens (tertiary/aromatic N) is 2. The lowest BCUT2D eigenvalue weighted by Gasteiger charge is -2.42. The van der Waals surface area contributed by atoms with E-state index in [1.807, 2.05) is 11.8 Å². The number of nitrogens with two attached hydrogens (primary N) is 1. The third kappa shape index (κ3) is 7.07. The maximum absolute atomic E-state index is 12.2. The highest BCUT2D eigenvalue weighted by molar-refractivity contribution is 5.85. The van der Waals surface area contributed by atoms with Crippen molar-refractivity contribution in [1.82, 2.24) is 9.80 Å². The highest BCUT2D eigenvalue weighted by Crippen LogP contribution is 2.32. The Kier molecular flexibility index (Phi) is 11.5. The van der Waals surface area contributed by atoms with Crippen molar-refractivity contribution in [2.24, 2.45) is 17.6 Å². The smallest absolute Gasteiger partial charge is 0.222 e. The molecular formula is C18H37Cl2N3O. The largest absolute Gasteiger partial charge is 0.340 e. The fourth-order valence-electron chi connectivity index (χ4n) is 3.98. The first kappa shape index (κ1) is 24.0. The molecule has 0 aromatic carbocycles. The average Bonchev–Trinajstić information content (AvgIpc) is 2.53. The van der Waals surface area contributed by atoms with Crippen molar-refractivity contribution in [1.29, 1.82) is 0 Å². The van der Waals surface area contributed by atoms with E-state index in [9.17, 15) is 4.79 Å². The van der Waals surface area contributed by atoms with Crippen LogP contribution >= 0.6 is 24.8 Å². The molecule has 1 amide bonds. The summed E-state index contributed by atoms with van der Waals surface area (Å²) in [5, 5.41) is 0. The average molecular weight is 382 g/mol. The Balaban J connectivity index is 0.00000264. The summed E-state index contributed by atoms with van der Waals surface area (Å²) in [7, 11) is 0. The first-order chi connectivity index (χ1) is 10.5. The van der Waals surface area contributed by atoms with Crippen LogP contribution in [0.1, 0.15) is 59.3 Å².